The van der Waals surface area contributed by atoms with Crippen molar-refractivity contribution in [1.29, 1.82) is 0 Å². The molecule has 0 saturated carbocycles. The summed E-state index contributed by atoms with van der Waals surface area (Å²) in [6, 6.07) is 0.963. The first kappa shape index (κ1) is 10.5. The number of carboxylic acids is 1. The molecule has 0 aromatic carbocycles. The summed E-state index contributed by atoms with van der Waals surface area (Å²) in [5, 5.41) is 8.70. The van der Waals surface area contributed by atoms with Crippen LogP contribution in [0, 0.1) is 5.92 Å². The van der Waals surface area contributed by atoms with Crippen LogP contribution in [0.2, 0.25) is 0 Å². The van der Waals surface area contributed by atoms with Crippen LogP contribution in [0.3, 0.4) is 0 Å². The molecule has 1 aliphatic heterocycles. The average molecular weight is 185 g/mol. The fourth-order valence-electron chi connectivity index (χ4n) is 2.26. The van der Waals surface area contributed by atoms with E-state index in [1.165, 1.54) is 0 Å². The Bertz CT molecular complexity index is 191. The van der Waals surface area contributed by atoms with E-state index in [0.29, 0.717) is 24.4 Å². The second-order valence-corrected chi connectivity index (χ2v) is 4.22. The maximum Gasteiger partial charge on any atom is 0.303 e. The van der Waals surface area contributed by atoms with Gasteiger partial charge in [0.1, 0.15) is 0 Å². The first-order chi connectivity index (χ1) is 6.02. The summed E-state index contributed by atoms with van der Waals surface area (Å²) >= 11 is 0. The van der Waals surface area contributed by atoms with Crippen molar-refractivity contribution in [2.75, 3.05) is 6.54 Å². The molecule has 1 rings (SSSR count). The van der Waals surface area contributed by atoms with E-state index in [4.69, 9.17) is 5.11 Å². The third-order valence-electron chi connectivity index (χ3n) is 3.06. The summed E-state index contributed by atoms with van der Waals surface area (Å²) in [7, 11) is 0. The van der Waals surface area contributed by atoms with Crippen LogP contribution in [0.5, 0.6) is 0 Å². The van der Waals surface area contributed by atoms with Gasteiger partial charge in [0.05, 0.1) is 0 Å². The van der Waals surface area contributed by atoms with E-state index >= 15 is 0 Å². The summed E-state index contributed by atoms with van der Waals surface area (Å²) in [6.07, 6.45) is 1.36. The molecular weight excluding hydrogens is 166 g/mol. The first-order valence-electron chi connectivity index (χ1n) is 5.00. The van der Waals surface area contributed by atoms with Gasteiger partial charge in [0.25, 0.3) is 0 Å². The number of likely N-dealkylation sites (tertiary alicyclic amines) is 1. The number of aliphatic carboxylic acids is 1. The monoisotopic (exact) mass is 185 g/mol. The molecule has 13 heavy (non-hydrogen) atoms. The molecule has 0 aliphatic carbocycles. The maximum atomic E-state index is 10.6. The summed E-state index contributed by atoms with van der Waals surface area (Å²) < 4.78 is 0. The Hall–Kier alpha value is -0.570. The standard InChI is InChI=1S/C10H19NO2/c1-7(2)11-5-4-9(8(11)3)6-10(12)13/h7-9H,4-6H2,1-3H3,(H,12,13)/t8-,9-/m1/s1. The lowest BCUT2D eigenvalue weighted by Gasteiger charge is -2.27. The van der Waals surface area contributed by atoms with E-state index in [9.17, 15) is 4.79 Å². The molecule has 3 heteroatoms. The van der Waals surface area contributed by atoms with Crippen LogP contribution in [0.15, 0.2) is 0 Å². The fraction of sp³-hybridized carbons (Fsp3) is 0.900. The second-order valence-electron chi connectivity index (χ2n) is 4.22. The minimum absolute atomic E-state index is 0.324. The van der Waals surface area contributed by atoms with E-state index in [2.05, 4.69) is 25.7 Å². The highest BCUT2D eigenvalue weighted by Gasteiger charge is 2.32. The Labute approximate surface area is 79.7 Å². The molecule has 3 nitrogen and oxygen atoms in total. The van der Waals surface area contributed by atoms with E-state index in [-0.39, 0.29) is 0 Å². The SMILES string of the molecule is CC(C)N1CC[C@H](CC(=O)O)[C@H]1C. The van der Waals surface area contributed by atoms with Gasteiger partial charge >= 0.3 is 5.97 Å². The van der Waals surface area contributed by atoms with E-state index in [1.807, 2.05) is 0 Å². The highest BCUT2D eigenvalue weighted by atomic mass is 16.4. The predicted octanol–water partition coefficient (Wildman–Crippen LogP) is 1.58. The topological polar surface area (TPSA) is 40.5 Å². The van der Waals surface area contributed by atoms with E-state index < -0.39 is 5.97 Å². The minimum atomic E-state index is -0.664. The maximum absolute atomic E-state index is 10.6. The van der Waals surface area contributed by atoms with Crippen LogP contribution in [0.1, 0.15) is 33.6 Å². The van der Waals surface area contributed by atoms with Gasteiger partial charge in [-0.05, 0) is 39.7 Å². The Morgan fingerprint density at radius 1 is 1.62 bits per heavy atom. The summed E-state index contributed by atoms with van der Waals surface area (Å²) in [6.45, 7) is 7.52. The average Bonchev–Trinajstić information content (AvgIpc) is 2.32. The van der Waals surface area contributed by atoms with Gasteiger partial charge in [-0.15, -0.1) is 0 Å². The van der Waals surface area contributed by atoms with Crippen LogP contribution in [-0.2, 0) is 4.79 Å². The van der Waals surface area contributed by atoms with Gasteiger partial charge < -0.3 is 5.11 Å². The number of hydrogen-bond donors (Lipinski definition) is 1. The summed E-state index contributed by atoms with van der Waals surface area (Å²) in [5.74, 6) is -0.317. The van der Waals surface area contributed by atoms with Crippen molar-refractivity contribution in [2.24, 2.45) is 5.92 Å². The van der Waals surface area contributed by atoms with Crippen LogP contribution < -0.4 is 0 Å². The molecule has 1 saturated heterocycles. The Morgan fingerprint density at radius 2 is 2.23 bits per heavy atom. The molecule has 0 amide bonds. The lowest BCUT2D eigenvalue weighted by atomic mass is 9.98. The van der Waals surface area contributed by atoms with E-state index in [0.717, 1.165) is 13.0 Å². The Kier molecular flexibility index (Phi) is 3.31. The molecule has 0 aromatic rings. The molecule has 0 spiro atoms. The Balaban J connectivity index is 2.49. The van der Waals surface area contributed by atoms with Gasteiger partial charge in [-0.25, -0.2) is 0 Å². The van der Waals surface area contributed by atoms with Crippen molar-refractivity contribution in [3.8, 4) is 0 Å². The van der Waals surface area contributed by atoms with Crippen molar-refractivity contribution in [3.05, 3.63) is 0 Å². The normalized spacial score (nSPS) is 29.8. The van der Waals surface area contributed by atoms with Crippen molar-refractivity contribution >= 4 is 5.97 Å². The quantitative estimate of drug-likeness (QED) is 0.725. The number of rotatable bonds is 3. The lowest BCUT2D eigenvalue weighted by molar-refractivity contribution is -0.138. The molecule has 0 aromatic heterocycles. The third-order valence-corrected chi connectivity index (χ3v) is 3.06. The van der Waals surface area contributed by atoms with Gasteiger partial charge in [0.15, 0.2) is 0 Å². The molecule has 1 fully saturated rings. The molecule has 0 unspecified atom stereocenters. The molecule has 1 heterocycles. The third kappa shape index (κ3) is 2.44. The van der Waals surface area contributed by atoms with Crippen molar-refractivity contribution < 1.29 is 9.90 Å². The van der Waals surface area contributed by atoms with Gasteiger partial charge in [-0.2, -0.15) is 0 Å². The smallest absolute Gasteiger partial charge is 0.303 e. The predicted molar refractivity (Wildman–Crippen MR) is 51.7 cm³/mol. The lowest BCUT2D eigenvalue weighted by Crippen LogP contribution is -2.36. The van der Waals surface area contributed by atoms with Gasteiger partial charge in [0.2, 0.25) is 0 Å². The molecular formula is C10H19NO2. The molecule has 0 bridgehead atoms. The van der Waals surface area contributed by atoms with E-state index in [1.54, 1.807) is 0 Å². The number of nitrogens with zero attached hydrogens (tertiary/aromatic N) is 1. The number of carboxylic acid groups (broad SMARTS) is 1. The van der Waals surface area contributed by atoms with Crippen LogP contribution >= 0.6 is 0 Å². The summed E-state index contributed by atoms with van der Waals surface area (Å²) in [4.78, 5) is 12.9. The van der Waals surface area contributed by atoms with Crippen LogP contribution in [0.4, 0.5) is 0 Å². The molecule has 0 radical (unpaired) electrons. The van der Waals surface area contributed by atoms with Crippen molar-refractivity contribution in [3.63, 3.8) is 0 Å². The molecule has 2 atom stereocenters. The molecule has 1 N–H and O–H groups in total. The van der Waals surface area contributed by atoms with Gasteiger partial charge in [0, 0.05) is 18.5 Å². The highest BCUT2D eigenvalue weighted by Crippen LogP contribution is 2.28. The van der Waals surface area contributed by atoms with Crippen molar-refractivity contribution in [2.45, 2.75) is 45.7 Å². The zero-order chi connectivity index (χ0) is 10.0. The highest BCUT2D eigenvalue weighted by molar-refractivity contribution is 5.67. The van der Waals surface area contributed by atoms with Crippen molar-refractivity contribution in [1.82, 2.24) is 4.90 Å². The minimum Gasteiger partial charge on any atom is -0.481 e. The van der Waals surface area contributed by atoms with Gasteiger partial charge in [-0.1, -0.05) is 0 Å². The van der Waals surface area contributed by atoms with Crippen LogP contribution in [-0.4, -0.2) is 34.6 Å². The summed E-state index contributed by atoms with van der Waals surface area (Å²) in [5.41, 5.74) is 0. The molecule has 76 valence electrons. The largest absolute Gasteiger partial charge is 0.481 e. The second kappa shape index (κ2) is 4.09. The number of hydrogen-bond acceptors (Lipinski definition) is 2. The Morgan fingerprint density at radius 3 is 2.62 bits per heavy atom. The fourth-order valence-corrected chi connectivity index (χ4v) is 2.26. The number of carbonyl (C=O) groups is 1. The van der Waals surface area contributed by atoms with Gasteiger partial charge in [-0.3, -0.25) is 9.69 Å². The first-order valence-corrected chi connectivity index (χ1v) is 5.00. The zero-order valence-corrected chi connectivity index (χ0v) is 8.66. The zero-order valence-electron chi connectivity index (χ0n) is 8.66. The van der Waals surface area contributed by atoms with Crippen LogP contribution in [0.25, 0.3) is 0 Å². The molecule has 1 aliphatic rings.